The van der Waals surface area contributed by atoms with Crippen molar-refractivity contribution in [3.05, 3.63) is 170 Å². The smallest absolute Gasteiger partial charge is 0.160 e. The Labute approximate surface area is 282 Å². The molecule has 0 spiro atoms. The minimum Gasteiger partial charge on any atom is -0.456 e. The fourth-order valence-corrected chi connectivity index (χ4v) is 7.39. The van der Waals surface area contributed by atoms with Gasteiger partial charge in [0.05, 0.1) is 11.4 Å². The molecule has 228 valence electrons. The average molecular weight is 625 g/mol. The fourth-order valence-electron chi connectivity index (χ4n) is 7.39. The van der Waals surface area contributed by atoms with E-state index in [9.17, 15) is 0 Å². The van der Waals surface area contributed by atoms with Crippen LogP contribution in [0.5, 0.6) is 0 Å². The molecule has 3 heteroatoms. The first-order chi connectivity index (χ1) is 24.3. The minimum absolute atomic E-state index is 0.695. The molecule has 0 N–H and O–H groups in total. The van der Waals surface area contributed by atoms with Gasteiger partial charge in [0.15, 0.2) is 5.82 Å². The molecule has 0 radical (unpaired) electrons. The predicted octanol–water partition coefficient (Wildman–Crippen LogP) is 12.5. The Morgan fingerprint density at radius 1 is 0.367 bits per heavy atom. The minimum atomic E-state index is 0.695. The van der Waals surface area contributed by atoms with Crippen LogP contribution >= 0.6 is 0 Å². The molecular formula is C46H28N2O. The zero-order valence-electron chi connectivity index (χ0n) is 26.5. The van der Waals surface area contributed by atoms with Crippen LogP contribution in [0, 0.1) is 0 Å². The highest BCUT2D eigenvalue weighted by molar-refractivity contribution is 6.21. The van der Waals surface area contributed by atoms with Crippen LogP contribution < -0.4 is 0 Å². The third-order valence-electron chi connectivity index (χ3n) is 9.66. The van der Waals surface area contributed by atoms with Crippen LogP contribution in [0.2, 0.25) is 0 Å². The number of furan rings is 1. The van der Waals surface area contributed by atoms with E-state index in [4.69, 9.17) is 14.4 Å². The van der Waals surface area contributed by atoms with Crippen LogP contribution in [0.25, 0.3) is 99.3 Å². The van der Waals surface area contributed by atoms with Gasteiger partial charge < -0.3 is 4.42 Å². The molecule has 10 aromatic rings. The van der Waals surface area contributed by atoms with Gasteiger partial charge in [-0.3, -0.25) is 0 Å². The summed E-state index contributed by atoms with van der Waals surface area (Å²) in [4.78, 5) is 10.6. The molecule has 2 heterocycles. The monoisotopic (exact) mass is 624 g/mol. The Morgan fingerprint density at radius 3 is 1.90 bits per heavy atom. The summed E-state index contributed by atoms with van der Waals surface area (Å²) in [7, 11) is 0. The second-order valence-electron chi connectivity index (χ2n) is 12.5. The van der Waals surface area contributed by atoms with Crippen molar-refractivity contribution in [1.82, 2.24) is 9.97 Å². The quantitative estimate of drug-likeness (QED) is 0.144. The zero-order valence-corrected chi connectivity index (χ0v) is 26.5. The number of rotatable bonds is 4. The molecule has 3 nitrogen and oxygen atoms in total. The molecule has 0 atom stereocenters. The molecule has 49 heavy (non-hydrogen) atoms. The number of nitrogens with zero attached hydrogens (tertiary/aromatic N) is 2. The summed E-state index contributed by atoms with van der Waals surface area (Å²) in [5.41, 5.74) is 8.90. The summed E-state index contributed by atoms with van der Waals surface area (Å²) in [6.07, 6.45) is 0. The average Bonchev–Trinajstić information content (AvgIpc) is 3.55. The molecule has 0 aliphatic rings. The third-order valence-corrected chi connectivity index (χ3v) is 9.66. The van der Waals surface area contributed by atoms with Crippen LogP contribution in [0.1, 0.15) is 0 Å². The maximum Gasteiger partial charge on any atom is 0.160 e. The first kappa shape index (κ1) is 27.5. The van der Waals surface area contributed by atoms with Gasteiger partial charge in [0.1, 0.15) is 11.2 Å². The van der Waals surface area contributed by atoms with E-state index in [-0.39, 0.29) is 0 Å². The van der Waals surface area contributed by atoms with Gasteiger partial charge >= 0.3 is 0 Å². The molecule has 0 aliphatic carbocycles. The normalized spacial score (nSPS) is 11.7. The van der Waals surface area contributed by atoms with Gasteiger partial charge in [0, 0.05) is 27.5 Å². The number of benzene rings is 8. The summed E-state index contributed by atoms with van der Waals surface area (Å²) < 4.78 is 6.17. The van der Waals surface area contributed by atoms with E-state index in [2.05, 4.69) is 140 Å². The van der Waals surface area contributed by atoms with Gasteiger partial charge in [0.25, 0.3) is 0 Å². The van der Waals surface area contributed by atoms with E-state index in [1.165, 1.54) is 32.3 Å². The lowest BCUT2D eigenvalue weighted by Crippen LogP contribution is -1.98. The van der Waals surface area contributed by atoms with E-state index in [1.54, 1.807) is 0 Å². The highest BCUT2D eigenvalue weighted by Gasteiger charge is 2.19. The third kappa shape index (κ3) is 4.51. The zero-order chi connectivity index (χ0) is 32.3. The maximum atomic E-state index is 6.17. The Bertz CT molecular complexity index is 2890. The first-order valence-electron chi connectivity index (χ1n) is 16.6. The second-order valence-corrected chi connectivity index (χ2v) is 12.5. The van der Waals surface area contributed by atoms with Crippen molar-refractivity contribution in [3.8, 4) is 45.0 Å². The lowest BCUT2D eigenvalue weighted by Gasteiger charge is -2.17. The van der Waals surface area contributed by atoms with Crippen molar-refractivity contribution < 1.29 is 4.42 Å². The largest absolute Gasteiger partial charge is 0.456 e. The van der Waals surface area contributed by atoms with E-state index in [0.717, 1.165) is 61.1 Å². The number of hydrogen-bond donors (Lipinski definition) is 0. The summed E-state index contributed by atoms with van der Waals surface area (Å²) in [6, 6.07) is 59.7. The van der Waals surface area contributed by atoms with Crippen molar-refractivity contribution in [2.75, 3.05) is 0 Å². The molecule has 0 fully saturated rings. The van der Waals surface area contributed by atoms with Crippen LogP contribution in [-0.2, 0) is 0 Å². The Morgan fingerprint density at radius 2 is 1.02 bits per heavy atom. The maximum absolute atomic E-state index is 6.17. The summed E-state index contributed by atoms with van der Waals surface area (Å²) in [5, 5.41) is 9.37. The Kier molecular flexibility index (Phi) is 6.18. The highest BCUT2D eigenvalue weighted by atomic mass is 16.3. The molecule has 0 aliphatic heterocycles. The van der Waals surface area contributed by atoms with E-state index >= 15 is 0 Å². The van der Waals surface area contributed by atoms with Crippen LogP contribution in [-0.4, -0.2) is 9.97 Å². The molecule has 0 saturated carbocycles. The number of hydrogen-bond acceptors (Lipinski definition) is 3. The van der Waals surface area contributed by atoms with Crippen molar-refractivity contribution >= 4 is 54.3 Å². The van der Waals surface area contributed by atoms with E-state index in [0.29, 0.717) is 5.82 Å². The molecule has 0 saturated heterocycles. The van der Waals surface area contributed by atoms with Gasteiger partial charge in [-0.15, -0.1) is 0 Å². The molecule has 2 aromatic heterocycles. The molecule has 0 amide bonds. The van der Waals surface area contributed by atoms with Gasteiger partial charge in [0.2, 0.25) is 0 Å². The topological polar surface area (TPSA) is 38.9 Å². The molecule has 0 unspecified atom stereocenters. The van der Waals surface area contributed by atoms with Crippen molar-refractivity contribution in [2.24, 2.45) is 0 Å². The van der Waals surface area contributed by atoms with Gasteiger partial charge in [-0.2, -0.15) is 0 Å². The lowest BCUT2D eigenvalue weighted by atomic mass is 9.90. The SMILES string of the molecule is c1ccc(-c2nc(-c3ccccc3-c3ccc4oc5ccccc5c4c3)cc(-c3c4ccccc4cc4ccc5ccccc5c34)n2)cc1. The predicted molar refractivity (Wildman–Crippen MR) is 204 cm³/mol. The molecule has 10 rings (SSSR count). The molecule has 0 bridgehead atoms. The molecular weight excluding hydrogens is 597 g/mol. The Balaban J connectivity index is 1.27. The van der Waals surface area contributed by atoms with Crippen molar-refractivity contribution in [1.29, 1.82) is 0 Å². The number of aromatic nitrogens is 2. The van der Waals surface area contributed by atoms with E-state index in [1.807, 2.05) is 30.3 Å². The first-order valence-corrected chi connectivity index (χ1v) is 16.6. The van der Waals surface area contributed by atoms with Gasteiger partial charge in [-0.25, -0.2) is 9.97 Å². The summed E-state index contributed by atoms with van der Waals surface area (Å²) in [5.74, 6) is 0.695. The number of para-hydroxylation sites is 1. The standard InChI is InChI=1S/C46H28N2O/c1-2-13-30(14-3-1)46-47-40(37-19-9-8-16-34(37)32-24-25-43-39(27-32)38-20-10-11-21-42(38)49-43)28-41(48-46)45-36-18-7-5-15-31(36)26-33-23-22-29-12-4-6-17-35(29)44(33)45/h1-28H. The van der Waals surface area contributed by atoms with Crippen molar-refractivity contribution in [3.63, 3.8) is 0 Å². The molecule has 8 aromatic carbocycles. The van der Waals surface area contributed by atoms with Gasteiger partial charge in [-0.05, 0) is 73.8 Å². The summed E-state index contributed by atoms with van der Waals surface area (Å²) >= 11 is 0. The van der Waals surface area contributed by atoms with Gasteiger partial charge in [-0.1, -0.05) is 140 Å². The Hall–Kier alpha value is -6.58. The van der Waals surface area contributed by atoms with Crippen molar-refractivity contribution in [2.45, 2.75) is 0 Å². The number of fused-ring (bicyclic) bond motifs is 7. The highest BCUT2D eigenvalue weighted by Crippen LogP contribution is 2.42. The lowest BCUT2D eigenvalue weighted by molar-refractivity contribution is 0.669. The fraction of sp³-hybridized carbons (Fsp3) is 0. The summed E-state index contributed by atoms with van der Waals surface area (Å²) in [6.45, 7) is 0. The van der Waals surface area contributed by atoms with Crippen LogP contribution in [0.4, 0.5) is 0 Å². The van der Waals surface area contributed by atoms with E-state index < -0.39 is 0 Å². The van der Waals surface area contributed by atoms with Crippen LogP contribution in [0.3, 0.4) is 0 Å². The van der Waals surface area contributed by atoms with Crippen LogP contribution in [0.15, 0.2) is 174 Å². The second kappa shape index (κ2) is 11.0.